The van der Waals surface area contributed by atoms with Gasteiger partial charge in [-0.25, -0.2) is 8.42 Å². The molecule has 0 saturated heterocycles. The lowest BCUT2D eigenvalue weighted by Crippen LogP contribution is -2.15. The highest BCUT2D eigenvalue weighted by molar-refractivity contribution is 7.91. The van der Waals surface area contributed by atoms with Crippen molar-refractivity contribution in [3.05, 3.63) is 58.1 Å². The van der Waals surface area contributed by atoms with Crippen molar-refractivity contribution in [2.45, 2.75) is 5.75 Å². The molecule has 0 spiro atoms. The van der Waals surface area contributed by atoms with E-state index in [0.717, 1.165) is 0 Å². The summed E-state index contributed by atoms with van der Waals surface area (Å²) in [7, 11) is -2.10. The van der Waals surface area contributed by atoms with Crippen molar-refractivity contribution in [2.75, 3.05) is 11.8 Å². The number of rotatable bonds is 5. The van der Waals surface area contributed by atoms with E-state index in [-0.39, 0.29) is 5.75 Å². The van der Waals surface area contributed by atoms with Crippen molar-refractivity contribution < 1.29 is 13.2 Å². The van der Waals surface area contributed by atoms with Gasteiger partial charge in [-0.1, -0.05) is 23.2 Å². The summed E-state index contributed by atoms with van der Waals surface area (Å²) in [5.41, 5.74) is 0.937. The quantitative estimate of drug-likeness (QED) is 0.892. The molecule has 21 heavy (non-hydrogen) atoms. The van der Waals surface area contributed by atoms with E-state index in [1.165, 1.54) is 7.11 Å². The van der Waals surface area contributed by atoms with Crippen molar-refractivity contribution in [1.82, 2.24) is 0 Å². The summed E-state index contributed by atoms with van der Waals surface area (Å²) in [5.74, 6) is 0.236. The van der Waals surface area contributed by atoms with Crippen LogP contribution < -0.4 is 9.46 Å². The Kier molecular flexibility index (Phi) is 4.98. The van der Waals surface area contributed by atoms with Crippen molar-refractivity contribution in [3.8, 4) is 5.75 Å². The molecule has 1 N–H and O–H groups in total. The van der Waals surface area contributed by atoms with Crippen LogP contribution in [0.3, 0.4) is 0 Å². The second kappa shape index (κ2) is 6.56. The molecule has 0 fully saturated rings. The van der Waals surface area contributed by atoms with Gasteiger partial charge in [0.15, 0.2) is 0 Å². The van der Waals surface area contributed by atoms with E-state index in [1.54, 1.807) is 42.5 Å². The molecule has 0 aromatic heterocycles. The van der Waals surface area contributed by atoms with Gasteiger partial charge in [0.2, 0.25) is 10.0 Å². The molecule has 0 aliphatic carbocycles. The second-order valence-corrected chi connectivity index (χ2v) is 6.92. The lowest BCUT2D eigenvalue weighted by molar-refractivity contribution is 0.411. The molecular weight excluding hydrogens is 333 g/mol. The first-order chi connectivity index (χ1) is 9.89. The monoisotopic (exact) mass is 345 g/mol. The van der Waals surface area contributed by atoms with Crippen LogP contribution in [-0.4, -0.2) is 15.5 Å². The molecule has 2 rings (SSSR count). The number of hydrogen-bond donors (Lipinski definition) is 1. The summed E-state index contributed by atoms with van der Waals surface area (Å²) in [6.07, 6.45) is 0. The van der Waals surface area contributed by atoms with Crippen LogP contribution in [0.15, 0.2) is 42.5 Å². The largest absolute Gasteiger partial charge is 0.496 e. The van der Waals surface area contributed by atoms with Gasteiger partial charge in [-0.05, 0) is 42.5 Å². The lowest BCUT2D eigenvalue weighted by Gasteiger charge is -2.11. The van der Waals surface area contributed by atoms with Crippen LogP contribution in [-0.2, 0) is 15.8 Å². The molecule has 0 radical (unpaired) electrons. The highest BCUT2D eigenvalue weighted by atomic mass is 35.5. The molecule has 7 heteroatoms. The average Bonchev–Trinajstić information content (AvgIpc) is 2.41. The van der Waals surface area contributed by atoms with Crippen LogP contribution in [0.1, 0.15) is 5.56 Å². The minimum absolute atomic E-state index is 0.237. The Morgan fingerprint density at radius 2 is 1.67 bits per heavy atom. The summed E-state index contributed by atoms with van der Waals surface area (Å²) >= 11 is 11.7. The maximum Gasteiger partial charge on any atom is 0.237 e. The molecule has 0 aliphatic rings. The molecule has 0 bridgehead atoms. The Morgan fingerprint density at radius 3 is 2.29 bits per heavy atom. The van der Waals surface area contributed by atoms with E-state index in [2.05, 4.69) is 4.72 Å². The molecular formula is C14H13Cl2NO3S. The van der Waals surface area contributed by atoms with Gasteiger partial charge in [-0.15, -0.1) is 0 Å². The predicted octanol–water partition coefficient (Wildman–Crippen LogP) is 3.94. The lowest BCUT2D eigenvalue weighted by atomic mass is 10.2. The standard InChI is InChI=1S/C14H13Cl2NO3S/c1-20-14-7-4-12(16)8-10(14)9-21(18,19)17-13-5-2-11(15)3-6-13/h2-8,17H,9H2,1H3. The first-order valence-electron chi connectivity index (χ1n) is 5.98. The minimum Gasteiger partial charge on any atom is -0.496 e. The number of hydrogen-bond acceptors (Lipinski definition) is 3. The molecule has 2 aromatic rings. The zero-order chi connectivity index (χ0) is 15.5. The van der Waals surface area contributed by atoms with Gasteiger partial charge < -0.3 is 4.74 Å². The van der Waals surface area contributed by atoms with Crippen molar-refractivity contribution in [1.29, 1.82) is 0 Å². The number of ether oxygens (including phenoxy) is 1. The van der Waals surface area contributed by atoms with E-state index >= 15 is 0 Å². The first-order valence-corrected chi connectivity index (χ1v) is 8.39. The molecule has 4 nitrogen and oxygen atoms in total. The fourth-order valence-corrected chi connectivity index (χ4v) is 3.32. The third-order valence-electron chi connectivity index (χ3n) is 2.71. The molecule has 0 heterocycles. The topological polar surface area (TPSA) is 55.4 Å². The summed E-state index contributed by atoms with van der Waals surface area (Å²) in [4.78, 5) is 0. The van der Waals surface area contributed by atoms with Crippen molar-refractivity contribution in [2.24, 2.45) is 0 Å². The predicted molar refractivity (Wildman–Crippen MR) is 85.7 cm³/mol. The molecule has 0 saturated carbocycles. The first kappa shape index (κ1) is 15.9. The van der Waals surface area contributed by atoms with E-state index in [9.17, 15) is 8.42 Å². The summed E-state index contributed by atoms with van der Waals surface area (Å²) in [6.45, 7) is 0. The highest BCUT2D eigenvalue weighted by Gasteiger charge is 2.15. The molecule has 112 valence electrons. The Hall–Kier alpha value is -1.43. The van der Waals surface area contributed by atoms with Crippen LogP contribution in [0.2, 0.25) is 10.0 Å². The van der Waals surface area contributed by atoms with E-state index in [4.69, 9.17) is 27.9 Å². The Bertz CT molecular complexity index is 730. The van der Waals surface area contributed by atoms with E-state index < -0.39 is 10.0 Å². The van der Waals surface area contributed by atoms with Gasteiger partial charge in [0, 0.05) is 21.3 Å². The number of anilines is 1. The Labute approximate surface area is 133 Å². The van der Waals surface area contributed by atoms with Crippen LogP contribution in [0, 0.1) is 0 Å². The fraction of sp³-hybridized carbons (Fsp3) is 0.143. The maximum absolute atomic E-state index is 12.2. The van der Waals surface area contributed by atoms with Gasteiger partial charge in [-0.2, -0.15) is 0 Å². The summed E-state index contributed by atoms with van der Waals surface area (Å²) in [6, 6.07) is 11.3. The average molecular weight is 346 g/mol. The number of halogens is 2. The maximum atomic E-state index is 12.2. The van der Waals surface area contributed by atoms with E-state index in [1.807, 2.05) is 0 Å². The normalized spacial score (nSPS) is 11.2. The summed E-state index contributed by atoms with van der Waals surface area (Å²) < 4.78 is 32.0. The fourth-order valence-electron chi connectivity index (χ4n) is 1.80. The molecule has 0 aliphatic heterocycles. The summed E-state index contributed by atoms with van der Waals surface area (Å²) in [5, 5.41) is 0.988. The number of benzene rings is 2. The number of sulfonamides is 1. The smallest absolute Gasteiger partial charge is 0.237 e. The number of nitrogens with one attached hydrogen (secondary N) is 1. The molecule has 0 atom stereocenters. The Morgan fingerprint density at radius 1 is 1.05 bits per heavy atom. The molecule has 2 aromatic carbocycles. The van der Waals surface area contributed by atoms with Gasteiger partial charge >= 0.3 is 0 Å². The SMILES string of the molecule is COc1ccc(Cl)cc1CS(=O)(=O)Nc1ccc(Cl)cc1. The van der Waals surface area contributed by atoms with Gasteiger partial charge in [0.25, 0.3) is 0 Å². The van der Waals surface area contributed by atoms with Gasteiger partial charge in [0.1, 0.15) is 5.75 Å². The molecule has 0 unspecified atom stereocenters. The van der Waals surface area contributed by atoms with Crippen LogP contribution in [0.25, 0.3) is 0 Å². The second-order valence-electron chi connectivity index (χ2n) is 4.32. The third kappa shape index (κ3) is 4.52. The van der Waals surface area contributed by atoms with Crippen LogP contribution in [0.4, 0.5) is 5.69 Å². The van der Waals surface area contributed by atoms with Gasteiger partial charge in [-0.3, -0.25) is 4.72 Å². The van der Waals surface area contributed by atoms with Crippen molar-refractivity contribution >= 4 is 38.9 Å². The third-order valence-corrected chi connectivity index (χ3v) is 4.43. The highest BCUT2D eigenvalue weighted by Crippen LogP contribution is 2.25. The van der Waals surface area contributed by atoms with Crippen LogP contribution in [0.5, 0.6) is 5.75 Å². The van der Waals surface area contributed by atoms with E-state index in [0.29, 0.717) is 27.0 Å². The van der Waals surface area contributed by atoms with Crippen LogP contribution >= 0.6 is 23.2 Å². The molecule has 0 amide bonds. The Balaban J connectivity index is 2.21. The number of methoxy groups -OCH3 is 1. The zero-order valence-corrected chi connectivity index (χ0v) is 13.5. The van der Waals surface area contributed by atoms with Crippen molar-refractivity contribution in [3.63, 3.8) is 0 Å². The van der Waals surface area contributed by atoms with Gasteiger partial charge in [0.05, 0.1) is 12.9 Å². The zero-order valence-electron chi connectivity index (χ0n) is 11.1. The minimum atomic E-state index is -3.58.